The van der Waals surface area contributed by atoms with E-state index < -0.39 is 22.1 Å². The molecule has 234 valence electrons. The van der Waals surface area contributed by atoms with E-state index in [0.29, 0.717) is 11.5 Å². The Labute approximate surface area is 261 Å². The van der Waals surface area contributed by atoms with Gasteiger partial charge in [-0.05, 0) is 78.7 Å². The van der Waals surface area contributed by atoms with Crippen molar-refractivity contribution in [3.63, 3.8) is 0 Å². The van der Waals surface area contributed by atoms with Crippen LogP contribution in [0.2, 0.25) is 44.4 Å². The normalized spacial score (nSPS) is 17.9. The molecular formula is C38H62O2Si2. The molecule has 4 heteroatoms. The fourth-order valence-electron chi connectivity index (χ4n) is 7.74. The molecule has 0 unspecified atom stereocenters. The number of carbonyl (C=O) groups is 1. The van der Waals surface area contributed by atoms with Gasteiger partial charge >= 0.3 is 5.97 Å². The first kappa shape index (κ1) is 34.8. The van der Waals surface area contributed by atoms with Gasteiger partial charge in [0.2, 0.25) is 0 Å². The summed E-state index contributed by atoms with van der Waals surface area (Å²) in [6.07, 6.45) is 20.1. The number of aromatic carboxylic acids is 1. The lowest BCUT2D eigenvalue weighted by Crippen LogP contribution is -2.37. The second kappa shape index (κ2) is 17.0. The van der Waals surface area contributed by atoms with Crippen LogP contribution in [0, 0.1) is 5.92 Å². The lowest BCUT2D eigenvalue weighted by molar-refractivity contribution is 0.0697. The molecule has 2 aromatic rings. The number of rotatable bonds is 18. The highest BCUT2D eigenvalue weighted by Gasteiger charge is 2.28. The highest BCUT2D eigenvalue weighted by Crippen LogP contribution is 2.38. The molecule has 0 heterocycles. The van der Waals surface area contributed by atoms with Crippen molar-refractivity contribution in [1.82, 2.24) is 0 Å². The average Bonchev–Trinajstić information content (AvgIpc) is 2.94. The molecule has 0 saturated heterocycles. The molecule has 0 radical (unpaired) electrons. The third-order valence-electron chi connectivity index (χ3n) is 9.65. The largest absolute Gasteiger partial charge is 0.478 e. The SMILES string of the molecule is CCCCCCCCCC1CCC(c2ccc(-c3cc(CCCC[Si](C)(C)C[Si](C)(C)C)ccc3C(=O)O)cc2)CC1. The number of benzene rings is 2. The van der Waals surface area contributed by atoms with E-state index >= 15 is 0 Å². The zero-order valence-corrected chi connectivity index (χ0v) is 30.1. The van der Waals surface area contributed by atoms with E-state index in [4.69, 9.17) is 0 Å². The fraction of sp³-hybridized carbons (Fsp3) is 0.658. The average molecular weight is 607 g/mol. The van der Waals surface area contributed by atoms with Gasteiger partial charge in [0, 0.05) is 16.1 Å². The maximum atomic E-state index is 12.1. The van der Waals surface area contributed by atoms with Crippen LogP contribution in [0.15, 0.2) is 42.5 Å². The Morgan fingerprint density at radius 2 is 1.43 bits per heavy atom. The van der Waals surface area contributed by atoms with Gasteiger partial charge in [0.25, 0.3) is 0 Å². The minimum Gasteiger partial charge on any atom is -0.478 e. The fourth-order valence-corrected chi connectivity index (χ4v) is 21.1. The molecule has 1 aliphatic rings. The number of carboxylic acids is 1. The zero-order valence-electron chi connectivity index (χ0n) is 28.1. The Balaban J connectivity index is 1.52. The number of aryl methyl sites for hydroxylation is 1. The van der Waals surface area contributed by atoms with Crippen LogP contribution >= 0.6 is 0 Å². The molecule has 0 aliphatic heterocycles. The van der Waals surface area contributed by atoms with E-state index in [9.17, 15) is 9.90 Å². The van der Waals surface area contributed by atoms with Crippen LogP contribution in [-0.2, 0) is 6.42 Å². The van der Waals surface area contributed by atoms with Crippen LogP contribution in [0.4, 0.5) is 0 Å². The predicted molar refractivity (Wildman–Crippen MR) is 190 cm³/mol. The highest BCUT2D eigenvalue weighted by atomic mass is 28.4. The third kappa shape index (κ3) is 12.1. The Bertz CT molecular complexity index is 1080. The second-order valence-electron chi connectivity index (χ2n) is 15.5. The van der Waals surface area contributed by atoms with Crippen LogP contribution in [-0.4, -0.2) is 27.2 Å². The molecule has 1 saturated carbocycles. The van der Waals surface area contributed by atoms with Crippen LogP contribution in [0.5, 0.6) is 0 Å². The van der Waals surface area contributed by atoms with Crippen LogP contribution in [0.3, 0.4) is 0 Å². The molecule has 0 amide bonds. The van der Waals surface area contributed by atoms with E-state index in [0.717, 1.165) is 23.5 Å². The Kier molecular flexibility index (Phi) is 14.1. The molecule has 0 bridgehead atoms. The molecule has 3 rings (SSSR count). The molecule has 0 spiro atoms. The summed E-state index contributed by atoms with van der Waals surface area (Å²) < 4.78 is 0. The standard InChI is InChI=1S/C38H62O2Si2/c1-7-8-9-10-11-12-13-16-31-18-21-33(22-19-31)34-23-25-35(26-24-34)37-29-32(20-27-36(37)38(39)40)17-14-15-28-42(5,6)30-41(2,3)4/h20,23-27,29,31,33H,7-19,21-22,28,30H2,1-6H3,(H,39,40). The van der Waals surface area contributed by atoms with Crippen molar-refractivity contribution in [2.75, 3.05) is 0 Å². The van der Waals surface area contributed by atoms with Gasteiger partial charge < -0.3 is 5.11 Å². The second-order valence-corrected chi connectivity index (χ2v) is 26.9. The molecule has 2 nitrogen and oxygen atoms in total. The molecule has 1 fully saturated rings. The first-order valence-electron chi connectivity index (χ1n) is 17.4. The smallest absolute Gasteiger partial charge is 0.336 e. The summed E-state index contributed by atoms with van der Waals surface area (Å²) >= 11 is 0. The minimum absolute atomic E-state index is 0.418. The van der Waals surface area contributed by atoms with Gasteiger partial charge in [0.05, 0.1) is 5.56 Å². The molecule has 42 heavy (non-hydrogen) atoms. The van der Waals surface area contributed by atoms with E-state index in [1.165, 1.54) is 113 Å². The summed E-state index contributed by atoms with van der Waals surface area (Å²) in [5.41, 5.74) is 6.54. The van der Waals surface area contributed by atoms with Gasteiger partial charge in [-0.2, -0.15) is 0 Å². The number of hydrogen-bond donors (Lipinski definition) is 1. The Morgan fingerprint density at radius 1 is 0.786 bits per heavy atom. The van der Waals surface area contributed by atoms with Crippen LogP contribution < -0.4 is 0 Å². The van der Waals surface area contributed by atoms with Gasteiger partial charge in [-0.1, -0.05) is 146 Å². The van der Waals surface area contributed by atoms with Crippen molar-refractivity contribution in [3.8, 4) is 11.1 Å². The van der Waals surface area contributed by atoms with Gasteiger partial charge in [0.15, 0.2) is 0 Å². The molecular weight excluding hydrogens is 545 g/mol. The first-order chi connectivity index (χ1) is 20.0. The van der Waals surface area contributed by atoms with Gasteiger partial charge in [0.1, 0.15) is 0 Å². The molecule has 2 aromatic carbocycles. The van der Waals surface area contributed by atoms with Crippen molar-refractivity contribution in [2.45, 2.75) is 154 Å². The van der Waals surface area contributed by atoms with Crippen molar-refractivity contribution in [3.05, 3.63) is 59.2 Å². The summed E-state index contributed by atoms with van der Waals surface area (Å²) in [6.45, 7) is 14.9. The van der Waals surface area contributed by atoms with Gasteiger partial charge in [-0.25, -0.2) is 4.79 Å². The summed E-state index contributed by atoms with van der Waals surface area (Å²) in [5.74, 6) is 0.744. The quantitative estimate of drug-likeness (QED) is 0.135. The predicted octanol–water partition coefficient (Wildman–Crippen LogP) is 12.4. The summed E-state index contributed by atoms with van der Waals surface area (Å²) in [6, 6.07) is 16.3. The molecule has 0 atom stereocenters. The Morgan fingerprint density at radius 3 is 2.05 bits per heavy atom. The van der Waals surface area contributed by atoms with Gasteiger partial charge in [-0.3, -0.25) is 0 Å². The number of hydrogen-bond acceptors (Lipinski definition) is 1. The molecule has 1 aliphatic carbocycles. The summed E-state index contributed by atoms with van der Waals surface area (Å²) in [5, 5.41) is 9.93. The highest BCUT2D eigenvalue weighted by molar-refractivity contribution is 6.94. The lowest BCUT2D eigenvalue weighted by atomic mass is 9.77. The lowest BCUT2D eigenvalue weighted by Gasteiger charge is -2.29. The van der Waals surface area contributed by atoms with Crippen LogP contribution in [0.25, 0.3) is 11.1 Å². The molecule has 1 N–H and O–H groups in total. The third-order valence-corrected chi connectivity index (χ3v) is 19.4. The van der Waals surface area contributed by atoms with E-state index in [2.05, 4.69) is 70.0 Å². The molecule has 0 aromatic heterocycles. The van der Waals surface area contributed by atoms with Crippen molar-refractivity contribution in [2.24, 2.45) is 5.92 Å². The van der Waals surface area contributed by atoms with Crippen LogP contribution in [0.1, 0.15) is 124 Å². The van der Waals surface area contributed by atoms with E-state index in [-0.39, 0.29) is 0 Å². The minimum atomic E-state index is -1.12. The van der Waals surface area contributed by atoms with E-state index in [1.54, 1.807) is 0 Å². The Hall–Kier alpha value is -1.66. The van der Waals surface area contributed by atoms with Gasteiger partial charge in [-0.15, -0.1) is 0 Å². The number of carboxylic acid groups (broad SMARTS) is 1. The summed E-state index contributed by atoms with van der Waals surface area (Å²) in [7, 11) is -2.12. The number of unbranched alkanes of at least 4 members (excludes halogenated alkanes) is 7. The first-order valence-corrected chi connectivity index (χ1v) is 24.6. The zero-order chi connectivity index (χ0) is 30.6. The maximum absolute atomic E-state index is 12.1. The topological polar surface area (TPSA) is 37.3 Å². The monoisotopic (exact) mass is 606 g/mol. The van der Waals surface area contributed by atoms with Crippen molar-refractivity contribution < 1.29 is 9.90 Å². The van der Waals surface area contributed by atoms with Crippen molar-refractivity contribution >= 4 is 22.1 Å². The van der Waals surface area contributed by atoms with E-state index in [1.807, 2.05) is 12.1 Å². The maximum Gasteiger partial charge on any atom is 0.336 e. The van der Waals surface area contributed by atoms with Crippen molar-refractivity contribution in [1.29, 1.82) is 0 Å². The summed E-state index contributed by atoms with van der Waals surface area (Å²) in [4.78, 5) is 12.1.